The number of carboxylic acid groups (broad SMARTS) is 2. The summed E-state index contributed by atoms with van der Waals surface area (Å²) in [5, 5.41) is 31.9. The number of guanidine groups is 1. The number of nitrogens with zero attached hydrogens (tertiary/aromatic N) is 5. The van der Waals surface area contributed by atoms with Gasteiger partial charge in [-0.3, -0.25) is 43.3 Å². The van der Waals surface area contributed by atoms with Gasteiger partial charge in [0.2, 0.25) is 41.4 Å². The molecular weight excluding hydrogens is 929 g/mol. The van der Waals surface area contributed by atoms with Gasteiger partial charge in [-0.2, -0.15) is 0 Å². The summed E-state index contributed by atoms with van der Waals surface area (Å²) in [4.78, 5) is 142. The quantitative estimate of drug-likeness (QED) is 0.0213. The molecule has 0 spiro atoms. The van der Waals surface area contributed by atoms with Crippen molar-refractivity contribution in [2.45, 2.75) is 146 Å². The molecule has 2 aromatic rings. The average Bonchev–Trinajstić information content (AvgIpc) is 4.17. The van der Waals surface area contributed by atoms with Crippen LogP contribution in [-0.2, 0) is 56.0 Å². The maximum absolute atomic E-state index is 14.5. The molecule has 392 valence electrons. The van der Waals surface area contributed by atoms with Crippen molar-refractivity contribution < 1.29 is 53.4 Å². The first-order chi connectivity index (χ1) is 33.8. The minimum Gasteiger partial charge on any atom is -0.481 e. The van der Waals surface area contributed by atoms with Crippen LogP contribution in [0.2, 0.25) is 0 Å². The molecule has 0 unspecified atom stereocenters. The van der Waals surface area contributed by atoms with Crippen molar-refractivity contribution >= 4 is 59.2 Å². The fourth-order valence-electron chi connectivity index (χ4n) is 8.49. The third-order valence-electron chi connectivity index (χ3n) is 12.1. The number of hydrogen-bond donors (Lipinski definition) is 13. The first kappa shape index (κ1) is 56.4. The highest BCUT2D eigenvalue weighted by Crippen LogP contribution is 2.23. The summed E-state index contributed by atoms with van der Waals surface area (Å²) in [6.07, 6.45) is 7.82. The Balaban J connectivity index is 1.53. The molecule has 0 saturated carbocycles. The van der Waals surface area contributed by atoms with E-state index in [4.69, 9.17) is 22.9 Å². The van der Waals surface area contributed by atoms with Gasteiger partial charge in [0.1, 0.15) is 42.3 Å². The third-order valence-corrected chi connectivity index (χ3v) is 12.1. The Labute approximate surface area is 410 Å². The van der Waals surface area contributed by atoms with E-state index >= 15 is 0 Å². The second-order valence-electron chi connectivity index (χ2n) is 18.2. The zero-order valence-corrected chi connectivity index (χ0v) is 40.1. The van der Waals surface area contributed by atoms with Gasteiger partial charge < -0.3 is 79.5 Å². The lowest BCUT2D eigenvalue weighted by molar-refractivity contribution is -0.147. The fourth-order valence-corrected chi connectivity index (χ4v) is 8.49. The molecule has 2 aliphatic heterocycles. The van der Waals surface area contributed by atoms with Gasteiger partial charge in [0.05, 0.1) is 25.1 Å². The van der Waals surface area contributed by atoms with Gasteiger partial charge >= 0.3 is 11.9 Å². The Morgan fingerprint density at radius 3 is 1.73 bits per heavy atom. The minimum absolute atomic E-state index is 0.0268. The Morgan fingerprint density at radius 2 is 1.23 bits per heavy atom. The van der Waals surface area contributed by atoms with E-state index in [1.807, 2.05) is 13.8 Å². The van der Waals surface area contributed by atoms with Crippen LogP contribution < -0.4 is 49.5 Å². The number of nitrogens with one attached hydrogen (secondary N) is 7. The summed E-state index contributed by atoms with van der Waals surface area (Å²) >= 11 is 0. The Kier molecular flexibility index (Phi) is 22.2. The molecule has 71 heavy (non-hydrogen) atoms. The largest absolute Gasteiger partial charge is 0.481 e. The highest BCUT2D eigenvalue weighted by atomic mass is 16.4. The van der Waals surface area contributed by atoms with Gasteiger partial charge in [0, 0.05) is 56.3 Å². The molecule has 2 aromatic heterocycles. The van der Waals surface area contributed by atoms with Crippen molar-refractivity contribution in [1.82, 2.24) is 56.3 Å². The van der Waals surface area contributed by atoms with Crippen LogP contribution in [0, 0.1) is 5.92 Å². The van der Waals surface area contributed by atoms with Crippen molar-refractivity contribution in [3.63, 3.8) is 0 Å². The number of carbonyl (C=O) groups excluding carboxylic acids is 7. The van der Waals surface area contributed by atoms with E-state index in [1.54, 1.807) is 0 Å². The summed E-state index contributed by atoms with van der Waals surface area (Å²) < 4.78 is 0. The summed E-state index contributed by atoms with van der Waals surface area (Å²) in [6, 6.07) is -9.90. The lowest BCUT2D eigenvalue weighted by Crippen LogP contribution is -2.60. The first-order valence-corrected chi connectivity index (χ1v) is 23.8. The van der Waals surface area contributed by atoms with Gasteiger partial charge in [0.15, 0.2) is 5.96 Å². The minimum atomic E-state index is -1.81. The number of amides is 7. The predicted molar refractivity (Wildman–Crippen MR) is 254 cm³/mol. The molecule has 2 aliphatic rings. The molecule has 4 rings (SSSR count). The van der Waals surface area contributed by atoms with Crippen molar-refractivity contribution in [1.29, 1.82) is 0 Å². The van der Waals surface area contributed by atoms with Gasteiger partial charge in [0.25, 0.3) is 0 Å². The number of aromatic nitrogens is 4. The van der Waals surface area contributed by atoms with E-state index in [2.05, 4.69) is 51.5 Å². The van der Waals surface area contributed by atoms with E-state index in [0.717, 1.165) is 0 Å². The number of unbranched alkanes of at least 4 members (excludes halogenated alkanes) is 1. The zero-order valence-electron chi connectivity index (χ0n) is 40.1. The summed E-state index contributed by atoms with van der Waals surface area (Å²) in [5.74, 6) is -8.32. The molecule has 27 nitrogen and oxygen atoms in total. The van der Waals surface area contributed by atoms with Gasteiger partial charge in [-0.25, -0.2) is 14.8 Å². The predicted octanol–water partition coefficient (Wildman–Crippen LogP) is -3.56. The molecular formula is C44H70N16O11. The molecule has 4 heterocycles. The van der Waals surface area contributed by atoms with Crippen LogP contribution in [-0.4, -0.2) is 174 Å². The Hall–Kier alpha value is -7.16. The second kappa shape index (κ2) is 27.9. The summed E-state index contributed by atoms with van der Waals surface area (Å²) in [5.41, 5.74) is 23.6. The lowest BCUT2D eigenvalue weighted by Gasteiger charge is -2.32. The van der Waals surface area contributed by atoms with E-state index in [1.165, 1.54) is 34.8 Å². The standard InChI is InChI=1S/C44H70N16O11/c1-24(2)16-30(41(68)59-14-6-10-33(59)39(66)54-28(9-5-13-51-44(47)48)37(64)58-32(43(70)71)19-35(61)62)57-38(65)29(17-25-20-49-22-52-25)55-40(67)34-11-7-15-60(34)42(69)31(18-26-21-50-23-53-26)56-36(63)27(46)8-3-4-12-45/h20-24,27-34H,3-19,45-46H2,1-2H3,(H,49,52)(H,50,53)(H,54,66)(H,55,67)(H,56,63)(H,57,65)(H,58,64)(H,61,62)(H,70,71)(H4,47,48,51)/t27-,28-,29-,30-,31-,32-,33-,34-/m0/s1. The van der Waals surface area contributed by atoms with E-state index in [0.29, 0.717) is 50.0 Å². The first-order valence-electron chi connectivity index (χ1n) is 23.8. The van der Waals surface area contributed by atoms with Crippen molar-refractivity contribution in [3.05, 3.63) is 36.4 Å². The molecule has 0 bridgehead atoms. The average molecular weight is 999 g/mol. The number of rotatable bonds is 29. The number of hydrogen-bond acceptors (Lipinski definition) is 14. The maximum atomic E-state index is 14.5. The molecule has 0 aromatic carbocycles. The number of imidazole rings is 2. The van der Waals surface area contributed by atoms with Crippen LogP contribution >= 0.6 is 0 Å². The molecule has 7 amide bonds. The van der Waals surface area contributed by atoms with Crippen LogP contribution in [0.3, 0.4) is 0 Å². The summed E-state index contributed by atoms with van der Waals surface area (Å²) in [6.45, 7) is 4.42. The number of aliphatic carboxylic acids is 2. The van der Waals surface area contributed by atoms with Crippen LogP contribution in [0.25, 0.3) is 0 Å². The fraction of sp³-hybridized carbons (Fsp3) is 0.636. The van der Waals surface area contributed by atoms with E-state index < -0.39 is 108 Å². The highest BCUT2D eigenvalue weighted by Gasteiger charge is 2.42. The monoisotopic (exact) mass is 999 g/mol. The van der Waals surface area contributed by atoms with E-state index in [9.17, 15) is 53.4 Å². The number of likely N-dealkylation sites (tertiary alicyclic amines) is 2. The van der Waals surface area contributed by atoms with Gasteiger partial charge in [-0.15, -0.1) is 0 Å². The molecule has 0 aliphatic carbocycles. The van der Waals surface area contributed by atoms with E-state index in [-0.39, 0.29) is 76.5 Å². The van der Waals surface area contributed by atoms with Gasteiger partial charge in [-0.05, 0) is 70.3 Å². The Morgan fingerprint density at radius 1 is 0.704 bits per heavy atom. The Bertz CT molecular complexity index is 2150. The number of carboxylic acids is 2. The SMILES string of the molecule is CC(C)C[C@H](NC(=O)[C@H](Cc1cnc[nH]1)NC(=O)[C@@H]1CCCN1C(=O)[C@H](Cc1cnc[nH]1)NC(=O)[C@@H](N)CCCCN)C(=O)N1CCC[C@H]1C(=O)N[C@@H](CCCN=C(N)N)C(=O)N[C@@H](CC(=O)O)C(=O)O. The lowest BCUT2D eigenvalue weighted by atomic mass is 10.0. The van der Waals surface area contributed by atoms with Crippen molar-refractivity contribution in [2.75, 3.05) is 26.2 Å². The number of H-pyrrole nitrogens is 2. The molecule has 17 N–H and O–H groups in total. The molecule has 27 heteroatoms. The number of aliphatic imine (C=N–C) groups is 1. The van der Waals surface area contributed by atoms with Crippen molar-refractivity contribution in [2.24, 2.45) is 33.8 Å². The number of nitrogens with two attached hydrogens (primary N) is 4. The second-order valence-corrected chi connectivity index (χ2v) is 18.2. The van der Waals surface area contributed by atoms with Crippen LogP contribution in [0.1, 0.15) is 95.9 Å². The zero-order chi connectivity index (χ0) is 52.2. The molecule has 2 fully saturated rings. The normalized spacial score (nSPS) is 18.0. The third kappa shape index (κ3) is 17.6. The highest BCUT2D eigenvalue weighted by molar-refractivity contribution is 5.98. The molecule has 8 atom stereocenters. The maximum Gasteiger partial charge on any atom is 0.326 e. The van der Waals surface area contributed by atoms with Crippen molar-refractivity contribution in [3.8, 4) is 0 Å². The molecule has 2 saturated heterocycles. The summed E-state index contributed by atoms with van der Waals surface area (Å²) in [7, 11) is 0. The van der Waals surface area contributed by atoms with Crippen LogP contribution in [0.5, 0.6) is 0 Å². The topological polar surface area (TPSA) is 435 Å². The van der Waals surface area contributed by atoms with Crippen LogP contribution in [0.15, 0.2) is 30.0 Å². The smallest absolute Gasteiger partial charge is 0.326 e. The van der Waals surface area contributed by atoms with Gasteiger partial charge in [-0.1, -0.05) is 20.3 Å². The molecule has 0 radical (unpaired) electrons. The van der Waals surface area contributed by atoms with Crippen LogP contribution in [0.4, 0.5) is 0 Å². The number of carbonyl (C=O) groups is 9. The number of aromatic amines is 2.